The first-order chi connectivity index (χ1) is 9.15. The molecule has 2 atom stereocenters. The predicted molar refractivity (Wildman–Crippen MR) is 74.9 cm³/mol. The second kappa shape index (κ2) is 6.68. The highest BCUT2D eigenvalue weighted by atomic mass is 16.3. The number of nitrogens with zero attached hydrogens (tertiary/aromatic N) is 2. The third kappa shape index (κ3) is 3.46. The van der Waals surface area contributed by atoms with Crippen LogP contribution in [0.2, 0.25) is 0 Å². The van der Waals surface area contributed by atoms with Gasteiger partial charge >= 0.3 is 0 Å². The zero-order valence-corrected chi connectivity index (χ0v) is 12.1. The topological polar surface area (TPSA) is 55.8 Å². The van der Waals surface area contributed by atoms with Gasteiger partial charge < -0.3 is 20.2 Å². The summed E-state index contributed by atoms with van der Waals surface area (Å²) < 4.78 is 0. The van der Waals surface area contributed by atoms with Crippen LogP contribution < -0.4 is 5.32 Å². The van der Waals surface area contributed by atoms with Crippen molar-refractivity contribution < 1.29 is 9.90 Å². The lowest BCUT2D eigenvalue weighted by Gasteiger charge is -2.38. The number of hydrogen-bond donors (Lipinski definition) is 2. The molecule has 0 aromatic carbocycles. The van der Waals surface area contributed by atoms with Crippen LogP contribution in [0.5, 0.6) is 0 Å². The summed E-state index contributed by atoms with van der Waals surface area (Å²) in [6.45, 7) is 8.83. The first-order valence-corrected chi connectivity index (χ1v) is 7.60. The summed E-state index contributed by atoms with van der Waals surface area (Å²) in [6.07, 6.45) is 2.35. The maximum Gasteiger partial charge on any atom is 0.239 e. The van der Waals surface area contributed by atoms with E-state index in [1.807, 2.05) is 4.90 Å². The Balaban J connectivity index is 1.81. The van der Waals surface area contributed by atoms with Gasteiger partial charge in [0.2, 0.25) is 5.91 Å². The monoisotopic (exact) mass is 269 g/mol. The molecule has 1 amide bonds. The van der Waals surface area contributed by atoms with Crippen molar-refractivity contribution in [2.75, 3.05) is 32.7 Å². The molecule has 0 aliphatic carbocycles. The predicted octanol–water partition coefficient (Wildman–Crippen LogP) is 0.0420. The van der Waals surface area contributed by atoms with Crippen molar-refractivity contribution in [3.8, 4) is 0 Å². The third-order valence-corrected chi connectivity index (χ3v) is 4.51. The molecule has 19 heavy (non-hydrogen) atoms. The van der Waals surface area contributed by atoms with E-state index >= 15 is 0 Å². The molecular weight excluding hydrogens is 242 g/mol. The average molecular weight is 269 g/mol. The van der Waals surface area contributed by atoms with Gasteiger partial charge in [0, 0.05) is 25.7 Å². The maximum atomic E-state index is 12.3. The number of rotatable bonds is 4. The zero-order chi connectivity index (χ0) is 13.8. The standard InChI is InChI=1S/C14H27N3O2/c1-3-16(4-2)11-5-7-17(8-6-11)14(19)13-9-12(18)10-15-13/h11-13,15,18H,3-10H2,1-2H3. The molecule has 2 saturated heterocycles. The number of carbonyl (C=O) groups is 1. The average Bonchev–Trinajstić information content (AvgIpc) is 2.87. The molecule has 2 heterocycles. The smallest absolute Gasteiger partial charge is 0.239 e. The first-order valence-electron chi connectivity index (χ1n) is 7.60. The summed E-state index contributed by atoms with van der Waals surface area (Å²) in [4.78, 5) is 16.8. The van der Waals surface area contributed by atoms with E-state index in [1.165, 1.54) is 0 Å². The molecule has 0 bridgehead atoms. The number of hydrogen-bond acceptors (Lipinski definition) is 4. The fourth-order valence-electron chi connectivity index (χ4n) is 3.32. The van der Waals surface area contributed by atoms with Crippen LogP contribution in [-0.2, 0) is 4.79 Å². The van der Waals surface area contributed by atoms with Crippen molar-refractivity contribution in [2.24, 2.45) is 0 Å². The van der Waals surface area contributed by atoms with Crippen LogP contribution >= 0.6 is 0 Å². The molecule has 0 aromatic heterocycles. The lowest BCUT2D eigenvalue weighted by molar-refractivity contribution is -0.134. The second-order valence-corrected chi connectivity index (χ2v) is 5.63. The lowest BCUT2D eigenvalue weighted by Crippen LogP contribution is -2.50. The Morgan fingerprint density at radius 2 is 1.95 bits per heavy atom. The second-order valence-electron chi connectivity index (χ2n) is 5.63. The fourth-order valence-corrected chi connectivity index (χ4v) is 3.32. The number of carbonyl (C=O) groups excluding carboxylic acids is 1. The highest BCUT2D eigenvalue weighted by molar-refractivity contribution is 5.82. The maximum absolute atomic E-state index is 12.3. The minimum Gasteiger partial charge on any atom is -0.392 e. The van der Waals surface area contributed by atoms with Gasteiger partial charge in [0.15, 0.2) is 0 Å². The Morgan fingerprint density at radius 3 is 2.42 bits per heavy atom. The number of nitrogens with one attached hydrogen (secondary N) is 1. The molecule has 5 heteroatoms. The number of aliphatic hydroxyl groups is 1. The van der Waals surface area contributed by atoms with E-state index in [2.05, 4.69) is 24.1 Å². The number of β-amino-alcohol motifs (C(OH)–C–C–N with tert-alkyl or cyclic N) is 1. The van der Waals surface area contributed by atoms with E-state index in [4.69, 9.17) is 0 Å². The number of aliphatic hydroxyl groups excluding tert-OH is 1. The fraction of sp³-hybridized carbons (Fsp3) is 0.929. The van der Waals surface area contributed by atoms with Gasteiger partial charge in [-0.1, -0.05) is 13.8 Å². The van der Waals surface area contributed by atoms with Crippen molar-refractivity contribution >= 4 is 5.91 Å². The van der Waals surface area contributed by atoms with Gasteiger partial charge in [0.05, 0.1) is 12.1 Å². The SMILES string of the molecule is CCN(CC)C1CCN(C(=O)C2CC(O)CN2)CC1. The largest absolute Gasteiger partial charge is 0.392 e. The van der Waals surface area contributed by atoms with Crippen molar-refractivity contribution in [1.82, 2.24) is 15.1 Å². The number of piperidine rings is 1. The van der Waals surface area contributed by atoms with Gasteiger partial charge in [-0.2, -0.15) is 0 Å². The minimum absolute atomic E-state index is 0.167. The quantitative estimate of drug-likeness (QED) is 0.757. The third-order valence-electron chi connectivity index (χ3n) is 4.51. The van der Waals surface area contributed by atoms with E-state index in [9.17, 15) is 9.90 Å². The normalized spacial score (nSPS) is 29.2. The molecule has 2 aliphatic rings. The van der Waals surface area contributed by atoms with Gasteiger partial charge in [-0.3, -0.25) is 4.79 Å². The van der Waals surface area contributed by atoms with Crippen molar-refractivity contribution in [3.05, 3.63) is 0 Å². The molecule has 0 saturated carbocycles. The number of likely N-dealkylation sites (tertiary alicyclic amines) is 1. The minimum atomic E-state index is -0.359. The summed E-state index contributed by atoms with van der Waals surface area (Å²) in [5.74, 6) is 0.176. The molecule has 2 aliphatic heterocycles. The summed E-state index contributed by atoms with van der Waals surface area (Å²) >= 11 is 0. The van der Waals surface area contributed by atoms with Crippen molar-refractivity contribution in [3.63, 3.8) is 0 Å². The van der Waals surface area contributed by atoms with Gasteiger partial charge in [0.25, 0.3) is 0 Å². The van der Waals surface area contributed by atoms with Crippen LogP contribution in [-0.4, -0.2) is 71.7 Å². The van der Waals surface area contributed by atoms with E-state index in [0.717, 1.165) is 39.0 Å². The molecule has 2 fully saturated rings. The van der Waals surface area contributed by atoms with Crippen LogP contribution in [0.15, 0.2) is 0 Å². The van der Waals surface area contributed by atoms with Crippen LogP contribution in [0.1, 0.15) is 33.1 Å². The molecule has 110 valence electrons. The van der Waals surface area contributed by atoms with E-state index in [0.29, 0.717) is 19.0 Å². The van der Waals surface area contributed by atoms with Gasteiger partial charge in [-0.25, -0.2) is 0 Å². The number of amides is 1. The van der Waals surface area contributed by atoms with E-state index < -0.39 is 0 Å². The van der Waals surface area contributed by atoms with Crippen molar-refractivity contribution in [1.29, 1.82) is 0 Å². The highest BCUT2D eigenvalue weighted by Gasteiger charge is 2.33. The molecule has 0 aromatic rings. The van der Waals surface area contributed by atoms with Crippen LogP contribution in [0, 0.1) is 0 Å². The molecule has 5 nitrogen and oxygen atoms in total. The van der Waals surface area contributed by atoms with Crippen LogP contribution in [0.4, 0.5) is 0 Å². The molecule has 0 spiro atoms. The Hall–Kier alpha value is -0.650. The molecule has 2 N–H and O–H groups in total. The molecule has 2 unspecified atom stereocenters. The lowest BCUT2D eigenvalue weighted by atomic mass is 10.0. The first kappa shape index (κ1) is 14.8. The van der Waals surface area contributed by atoms with Gasteiger partial charge in [-0.15, -0.1) is 0 Å². The van der Waals surface area contributed by atoms with E-state index in [-0.39, 0.29) is 18.1 Å². The molecule has 0 radical (unpaired) electrons. The summed E-state index contributed by atoms with van der Waals surface area (Å²) in [7, 11) is 0. The zero-order valence-electron chi connectivity index (χ0n) is 12.1. The van der Waals surface area contributed by atoms with E-state index in [1.54, 1.807) is 0 Å². The Morgan fingerprint density at radius 1 is 1.32 bits per heavy atom. The van der Waals surface area contributed by atoms with Crippen LogP contribution in [0.3, 0.4) is 0 Å². The highest BCUT2D eigenvalue weighted by Crippen LogP contribution is 2.18. The summed E-state index contributed by atoms with van der Waals surface area (Å²) in [5.41, 5.74) is 0. The van der Waals surface area contributed by atoms with Crippen LogP contribution in [0.25, 0.3) is 0 Å². The molecular formula is C14H27N3O2. The van der Waals surface area contributed by atoms with Gasteiger partial charge in [0.1, 0.15) is 0 Å². The Bertz CT molecular complexity index is 299. The summed E-state index contributed by atoms with van der Waals surface area (Å²) in [6, 6.07) is 0.459. The van der Waals surface area contributed by atoms with Crippen molar-refractivity contribution in [2.45, 2.75) is 51.3 Å². The molecule has 2 rings (SSSR count). The Kier molecular flexibility index (Phi) is 5.19. The Labute approximate surface area is 115 Å². The summed E-state index contributed by atoms with van der Waals surface area (Å²) in [5, 5.41) is 12.6. The van der Waals surface area contributed by atoms with Gasteiger partial charge in [-0.05, 0) is 32.4 Å².